The highest BCUT2D eigenvalue weighted by Crippen LogP contribution is 2.23. The first-order chi connectivity index (χ1) is 7.06. The third-order valence-corrected chi connectivity index (χ3v) is 5.11. The second-order valence-corrected chi connectivity index (χ2v) is 6.81. The van der Waals surface area contributed by atoms with Crippen LogP contribution in [-0.4, -0.2) is 26.1 Å². The summed E-state index contributed by atoms with van der Waals surface area (Å²) < 4.78 is 26.3. The molecule has 0 bridgehead atoms. The number of alkyl halides is 1. The SMILES string of the molecule is CC(CCCl)CNS(=O)(=O)C1CCCC1. The lowest BCUT2D eigenvalue weighted by molar-refractivity contribution is 0.522. The first-order valence-electron chi connectivity index (χ1n) is 5.60. The second kappa shape index (κ2) is 6.06. The van der Waals surface area contributed by atoms with E-state index in [2.05, 4.69) is 4.72 Å². The van der Waals surface area contributed by atoms with Crippen LogP contribution in [0.25, 0.3) is 0 Å². The Morgan fingerprint density at radius 1 is 1.40 bits per heavy atom. The summed E-state index contributed by atoms with van der Waals surface area (Å²) in [6.07, 6.45) is 4.58. The van der Waals surface area contributed by atoms with Crippen molar-refractivity contribution in [2.45, 2.75) is 44.3 Å². The molecule has 0 spiro atoms. The van der Waals surface area contributed by atoms with Gasteiger partial charge in [-0.05, 0) is 25.2 Å². The topological polar surface area (TPSA) is 46.2 Å². The molecule has 0 saturated heterocycles. The Bertz CT molecular complexity index is 273. The second-order valence-electron chi connectivity index (χ2n) is 4.38. The quantitative estimate of drug-likeness (QED) is 0.737. The first kappa shape index (κ1) is 13.3. The number of sulfonamides is 1. The highest BCUT2D eigenvalue weighted by molar-refractivity contribution is 7.90. The van der Waals surface area contributed by atoms with E-state index in [0.29, 0.717) is 18.3 Å². The van der Waals surface area contributed by atoms with Crippen LogP contribution >= 0.6 is 11.6 Å². The number of hydrogen-bond donors (Lipinski definition) is 1. The molecule has 1 atom stereocenters. The maximum absolute atomic E-state index is 11.8. The van der Waals surface area contributed by atoms with Gasteiger partial charge in [0, 0.05) is 12.4 Å². The zero-order valence-electron chi connectivity index (χ0n) is 9.21. The van der Waals surface area contributed by atoms with Gasteiger partial charge in [0.05, 0.1) is 5.25 Å². The maximum atomic E-state index is 11.8. The third-order valence-electron chi connectivity index (χ3n) is 2.98. The van der Waals surface area contributed by atoms with Crippen LogP contribution in [0.15, 0.2) is 0 Å². The smallest absolute Gasteiger partial charge is 0.214 e. The lowest BCUT2D eigenvalue weighted by Crippen LogP contribution is -2.35. The molecule has 3 nitrogen and oxygen atoms in total. The Balaban J connectivity index is 2.35. The van der Waals surface area contributed by atoms with E-state index < -0.39 is 10.0 Å². The van der Waals surface area contributed by atoms with Crippen molar-refractivity contribution in [3.63, 3.8) is 0 Å². The van der Waals surface area contributed by atoms with Crippen LogP contribution in [-0.2, 0) is 10.0 Å². The van der Waals surface area contributed by atoms with Gasteiger partial charge in [-0.1, -0.05) is 19.8 Å². The van der Waals surface area contributed by atoms with Crippen LogP contribution in [0.2, 0.25) is 0 Å². The fourth-order valence-electron chi connectivity index (χ4n) is 1.86. The largest absolute Gasteiger partial charge is 0.215 e. The highest BCUT2D eigenvalue weighted by Gasteiger charge is 2.28. The highest BCUT2D eigenvalue weighted by atomic mass is 35.5. The molecule has 0 heterocycles. The van der Waals surface area contributed by atoms with E-state index in [4.69, 9.17) is 11.6 Å². The van der Waals surface area contributed by atoms with E-state index in [9.17, 15) is 8.42 Å². The zero-order chi connectivity index (χ0) is 11.3. The van der Waals surface area contributed by atoms with Crippen molar-refractivity contribution in [1.29, 1.82) is 0 Å². The van der Waals surface area contributed by atoms with E-state index in [1.165, 1.54) is 0 Å². The Hall–Kier alpha value is 0.200. The molecule has 0 radical (unpaired) electrons. The standard InChI is InChI=1S/C10H20ClNO2S/c1-9(6-7-11)8-12-15(13,14)10-4-2-3-5-10/h9-10,12H,2-8H2,1H3. The maximum Gasteiger partial charge on any atom is 0.214 e. The van der Waals surface area contributed by atoms with Crippen LogP contribution < -0.4 is 4.72 Å². The molecule has 15 heavy (non-hydrogen) atoms. The summed E-state index contributed by atoms with van der Waals surface area (Å²) in [5, 5.41) is -0.152. The van der Waals surface area contributed by atoms with Crippen LogP contribution in [0.3, 0.4) is 0 Å². The lowest BCUT2D eigenvalue weighted by atomic mass is 10.1. The molecule has 0 aromatic rings. The molecule has 90 valence electrons. The number of nitrogens with one attached hydrogen (secondary N) is 1. The van der Waals surface area contributed by atoms with Crippen LogP contribution in [0.5, 0.6) is 0 Å². The van der Waals surface area contributed by atoms with Gasteiger partial charge in [0.1, 0.15) is 0 Å². The minimum atomic E-state index is -3.07. The van der Waals surface area contributed by atoms with Gasteiger partial charge >= 0.3 is 0 Å². The van der Waals surface area contributed by atoms with Crippen molar-refractivity contribution in [3.8, 4) is 0 Å². The summed E-state index contributed by atoms with van der Waals surface area (Å²) in [4.78, 5) is 0. The molecule has 0 aromatic heterocycles. The minimum absolute atomic E-state index is 0.152. The van der Waals surface area contributed by atoms with Crippen molar-refractivity contribution in [2.75, 3.05) is 12.4 Å². The molecular weight excluding hydrogens is 234 g/mol. The van der Waals surface area contributed by atoms with E-state index in [1.54, 1.807) is 0 Å². The third kappa shape index (κ3) is 4.29. The van der Waals surface area contributed by atoms with Gasteiger partial charge in [0.15, 0.2) is 0 Å². The van der Waals surface area contributed by atoms with Crippen LogP contribution in [0, 0.1) is 5.92 Å². The predicted octanol–water partition coefficient (Wildman–Crippen LogP) is 2.11. The molecular formula is C10H20ClNO2S. The van der Waals surface area contributed by atoms with E-state index in [0.717, 1.165) is 32.1 Å². The normalized spacial score (nSPS) is 20.7. The van der Waals surface area contributed by atoms with Gasteiger partial charge in [-0.3, -0.25) is 0 Å². The first-order valence-corrected chi connectivity index (χ1v) is 7.69. The van der Waals surface area contributed by atoms with Gasteiger partial charge in [-0.2, -0.15) is 0 Å². The molecule has 1 saturated carbocycles. The van der Waals surface area contributed by atoms with Gasteiger partial charge in [-0.15, -0.1) is 11.6 Å². The van der Waals surface area contributed by atoms with Gasteiger partial charge in [-0.25, -0.2) is 13.1 Å². The van der Waals surface area contributed by atoms with Crippen LogP contribution in [0.4, 0.5) is 0 Å². The Morgan fingerprint density at radius 3 is 2.53 bits per heavy atom. The van der Waals surface area contributed by atoms with Gasteiger partial charge in [0.25, 0.3) is 0 Å². The fourth-order valence-corrected chi connectivity index (χ4v) is 3.94. The summed E-state index contributed by atoms with van der Waals surface area (Å²) in [5.41, 5.74) is 0. The van der Waals surface area contributed by atoms with E-state index in [-0.39, 0.29) is 5.25 Å². The number of hydrogen-bond acceptors (Lipinski definition) is 2. The average molecular weight is 254 g/mol. The van der Waals surface area contributed by atoms with Crippen molar-refractivity contribution in [1.82, 2.24) is 4.72 Å². The summed E-state index contributed by atoms with van der Waals surface area (Å²) in [6.45, 7) is 2.53. The van der Waals surface area contributed by atoms with Crippen molar-refractivity contribution in [3.05, 3.63) is 0 Å². The Morgan fingerprint density at radius 2 is 2.00 bits per heavy atom. The molecule has 0 aromatic carbocycles. The molecule has 1 fully saturated rings. The summed E-state index contributed by atoms with van der Waals surface area (Å²) in [6, 6.07) is 0. The van der Waals surface area contributed by atoms with E-state index in [1.807, 2.05) is 6.92 Å². The molecule has 1 unspecified atom stereocenters. The Kier molecular flexibility index (Phi) is 5.36. The molecule has 5 heteroatoms. The van der Waals surface area contributed by atoms with E-state index >= 15 is 0 Å². The van der Waals surface area contributed by atoms with Crippen LogP contribution in [0.1, 0.15) is 39.0 Å². The monoisotopic (exact) mass is 253 g/mol. The lowest BCUT2D eigenvalue weighted by Gasteiger charge is -2.15. The molecule has 1 N–H and O–H groups in total. The molecule has 1 aliphatic carbocycles. The van der Waals surface area contributed by atoms with Gasteiger partial charge < -0.3 is 0 Å². The van der Waals surface area contributed by atoms with Crippen molar-refractivity contribution < 1.29 is 8.42 Å². The average Bonchev–Trinajstić information content (AvgIpc) is 2.69. The summed E-state index contributed by atoms with van der Waals surface area (Å²) >= 11 is 5.60. The molecule has 0 aliphatic heterocycles. The summed E-state index contributed by atoms with van der Waals surface area (Å²) in [5.74, 6) is 0.908. The van der Waals surface area contributed by atoms with Crippen molar-refractivity contribution >= 4 is 21.6 Å². The molecule has 0 amide bonds. The minimum Gasteiger partial charge on any atom is -0.215 e. The van der Waals surface area contributed by atoms with Crippen molar-refractivity contribution in [2.24, 2.45) is 5.92 Å². The number of halogens is 1. The zero-order valence-corrected chi connectivity index (χ0v) is 10.8. The Labute approximate surface area is 97.6 Å². The fraction of sp³-hybridized carbons (Fsp3) is 1.00. The summed E-state index contributed by atoms with van der Waals surface area (Å²) in [7, 11) is -3.07. The van der Waals surface area contributed by atoms with Gasteiger partial charge in [0.2, 0.25) is 10.0 Å². The molecule has 1 aliphatic rings. The molecule has 1 rings (SSSR count). The number of rotatable bonds is 6. The predicted molar refractivity (Wildman–Crippen MR) is 63.7 cm³/mol.